The van der Waals surface area contributed by atoms with Gasteiger partial charge in [-0.25, -0.2) is 95.8 Å². The minimum atomic E-state index is -2.77. The van der Waals surface area contributed by atoms with Crippen LogP contribution in [0, 0.1) is 46.8 Å². The van der Waals surface area contributed by atoms with Crippen LogP contribution in [-0.4, -0.2) is 226 Å². The number of benzene rings is 4. The largest absolute Gasteiger partial charge is 0.338 e. The monoisotopic (exact) mass is 1660 g/mol. The van der Waals surface area contributed by atoms with Gasteiger partial charge in [-0.05, 0) is 126 Å². The predicted molar refractivity (Wildman–Crippen MR) is 455 cm³/mol. The van der Waals surface area contributed by atoms with Crippen molar-refractivity contribution in [2.24, 2.45) is 0 Å². The molecule has 0 spiro atoms. The van der Waals surface area contributed by atoms with Crippen molar-refractivity contribution in [1.82, 2.24) is 79.4 Å². The van der Waals surface area contributed by atoms with Crippen LogP contribution in [0.3, 0.4) is 0 Å². The highest BCUT2D eigenvalue weighted by Gasteiger charge is 2.30. The molecule has 0 unspecified atom stereocenters. The number of nitrogens with one attached hydrogen (secondary N) is 4. The lowest BCUT2D eigenvalue weighted by atomic mass is 10.1. The van der Waals surface area contributed by atoms with E-state index in [9.17, 15) is 16.8 Å². The molecule has 4 aliphatic heterocycles. The van der Waals surface area contributed by atoms with Crippen LogP contribution < -0.4 is 19.6 Å². The minimum Gasteiger partial charge on any atom is -0.338 e. The van der Waals surface area contributed by atoms with Crippen molar-refractivity contribution >= 4 is 149 Å². The van der Waals surface area contributed by atoms with Gasteiger partial charge in [0.15, 0.2) is 0 Å². The summed E-state index contributed by atoms with van der Waals surface area (Å²) in [5.74, 6) is 2.55. The number of anilines is 4. The van der Waals surface area contributed by atoms with E-state index in [0.717, 1.165) is 147 Å². The molecular formula is C76H96N24O4S8. The lowest BCUT2D eigenvalue weighted by Gasteiger charge is -2.38. The Morgan fingerprint density at radius 1 is 0.295 bits per heavy atom. The van der Waals surface area contributed by atoms with Crippen LogP contribution in [0.2, 0.25) is 0 Å². The third-order valence-corrected chi connectivity index (χ3v) is 29.1. The summed E-state index contributed by atoms with van der Waals surface area (Å²) < 4.78 is 82.5. The molecule has 16 rings (SSSR count). The van der Waals surface area contributed by atoms with E-state index in [-0.39, 0.29) is 0 Å². The molecular weight excluding hydrogens is 1570 g/mol. The van der Waals surface area contributed by atoms with E-state index in [1.807, 2.05) is 27.7 Å². The maximum absolute atomic E-state index is 11.8. The zero-order chi connectivity index (χ0) is 79.6. The standard InChI is InChI=1S/4C19H24N6OS2/c4*1-13(15-4-5-18-17(10-15)23-14(2)27-18)24-6-8-25(9-7-24)19-21-11-16(12-22-19)28(3,20)26/h4*4-5,10-13,20H,6-9H2,1-3H3/t2*13-,28+;2*13-,28-/m1010/s1. The first-order chi connectivity index (χ1) is 53.2. The predicted octanol–water partition coefficient (Wildman–Crippen LogP) is 13.3. The molecule has 12 aromatic rings. The van der Waals surface area contributed by atoms with Crippen LogP contribution in [0.1, 0.15) is 94.1 Å². The number of rotatable bonds is 16. The van der Waals surface area contributed by atoms with Gasteiger partial charge in [-0.1, -0.05) is 24.3 Å². The molecule has 4 aliphatic rings. The molecule has 4 aromatic carbocycles. The number of piperazine rings is 4. The number of thiazole rings is 4. The fourth-order valence-electron chi connectivity index (χ4n) is 14.1. The SMILES string of the molecule is Cc1nc2cc([C@@H](C)N3CCN(c4ncc([S@@](C)(=N)=O)cn4)CC3)ccc2s1.Cc1nc2cc([C@@H](C)N3CCN(c4ncc([S@](C)(=N)=O)cn4)CC3)ccc2s1.Cc1nc2cc([C@H](C)N3CCN(c4ncc([S@@](C)(=N)=O)cn4)CC3)ccc2s1.Cc1nc2cc([C@H](C)N3CCN(c4ncc([S@](C)(=N)=O)cn4)CC3)ccc2s1. The number of aryl methyl sites for hydroxylation is 4. The van der Waals surface area contributed by atoms with E-state index in [0.29, 0.717) is 67.5 Å². The molecule has 4 fully saturated rings. The molecule has 4 saturated heterocycles. The van der Waals surface area contributed by atoms with Crippen LogP contribution in [0.25, 0.3) is 40.9 Å². The summed E-state index contributed by atoms with van der Waals surface area (Å²) in [4.78, 5) is 73.0. The van der Waals surface area contributed by atoms with E-state index >= 15 is 0 Å². The summed E-state index contributed by atoms with van der Waals surface area (Å²) in [5.41, 5.74) is 9.50. The molecule has 28 nitrogen and oxygen atoms in total. The number of hydrogen-bond acceptors (Lipinski definition) is 32. The number of hydrogen-bond donors (Lipinski definition) is 4. The lowest BCUT2D eigenvalue weighted by molar-refractivity contribution is 0.198. The molecule has 0 radical (unpaired) electrons. The molecule has 8 aromatic heterocycles. The van der Waals surface area contributed by atoms with Gasteiger partial charge in [-0.2, -0.15) is 0 Å². The third-order valence-electron chi connectivity index (χ3n) is 20.8. The van der Waals surface area contributed by atoms with E-state index in [1.165, 1.54) is 116 Å². The van der Waals surface area contributed by atoms with Crippen molar-refractivity contribution in [3.8, 4) is 0 Å². The molecule has 0 amide bonds. The first kappa shape index (κ1) is 81.6. The number of fused-ring (bicyclic) bond motifs is 4. The second-order valence-electron chi connectivity index (χ2n) is 28.9. The van der Waals surface area contributed by atoms with Crippen molar-refractivity contribution in [2.45, 2.75) is 99.1 Å². The first-order valence-corrected chi connectivity index (χ1v) is 48.1. The maximum Gasteiger partial charge on any atom is 0.225 e. The molecule has 0 saturated carbocycles. The van der Waals surface area contributed by atoms with Crippen molar-refractivity contribution in [3.63, 3.8) is 0 Å². The van der Waals surface area contributed by atoms with Crippen LogP contribution in [0.15, 0.2) is 142 Å². The van der Waals surface area contributed by atoms with Crippen LogP contribution >= 0.6 is 45.3 Å². The second-order valence-corrected chi connectivity index (χ2v) is 42.5. The Labute approximate surface area is 672 Å². The normalized spacial score (nSPS) is 18.9. The number of aromatic nitrogens is 12. The average molecular weight is 1670 g/mol. The molecule has 112 heavy (non-hydrogen) atoms. The Bertz CT molecular complexity index is 5050. The lowest BCUT2D eigenvalue weighted by Crippen LogP contribution is -2.47. The van der Waals surface area contributed by atoms with Crippen LogP contribution in [-0.2, 0) is 38.9 Å². The van der Waals surface area contributed by atoms with Crippen molar-refractivity contribution in [2.75, 3.05) is 149 Å². The minimum absolute atomic E-state index is 0.324. The number of nitrogens with zero attached hydrogens (tertiary/aromatic N) is 20. The van der Waals surface area contributed by atoms with E-state index in [1.54, 1.807) is 45.3 Å². The van der Waals surface area contributed by atoms with E-state index in [2.05, 4.69) is 199 Å². The molecule has 8 atom stereocenters. The maximum atomic E-state index is 11.8. The average Bonchev–Trinajstić information content (AvgIpc) is 1.70. The van der Waals surface area contributed by atoms with Gasteiger partial charge in [-0.3, -0.25) is 19.6 Å². The van der Waals surface area contributed by atoms with Gasteiger partial charge in [0.1, 0.15) is 0 Å². The van der Waals surface area contributed by atoms with Gasteiger partial charge >= 0.3 is 0 Å². The fraction of sp³-hybridized carbons (Fsp3) is 0.421. The highest BCUT2D eigenvalue weighted by atomic mass is 32.2. The second kappa shape index (κ2) is 34.3. The molecule has 4 N–H and O–H groups in total. The Morgan fingerprint density at radius 3 is 0.625 bits per heavy atom. The Balaban J connectivity index is 0.000000131. The highest BCUT2D eigenvalue weighted by molar-refractivity contribution is 7.92. The Morgan fingerprint density at radius 2 is 0.464 bits per heavy atom. The van der Waals surface area contributed by atoms with Crippen molar-refractivity contribution in [1.29, 1.82) is 19.1 Å². The van der Waals surface area contributed by atoms with Crippen LogP contribution in [0.5, 0.6) is 0 Å². The fourth-order valence-corrected chi connectivity index (χ4v) is 19.3. The summed E-state index contributed by atoms with van der Waals surface area (Å²) in [6.07, 6.45) is 17.6. The highest BCUT2D eigenvalue weighted by Crippen LogP contribution is 2.34. The van der Waals surface area contributed by atoms with E-state index < -0.39 is 38.9 Å². The molecule has 0 aliphatic carbocycles. The van der Waals surface area contributed by atoms with Gasteiger partial charge in [-0.15, -0.1) is 45.3 Å². The first-order valence-electron chi connectivity index (χ1n) is 36.9. The van der Waals surface area contributed by atoms with Crippen molar-refractivity contribution < 1.29 is 16.8 Å². The molecule has 12 heterocycles. The zero-order valence-electron chi connectivity index (χ0n) is 65.0. The van der Waals surface area contributed by atoms with Gasteiger partial charge in [0.25, 0.3) is 0 Å². The van der Waals surface area contributed by atoms with Gasteiger partial charge < -0.3 is 19.6 Å². The summed E-state index contributed by atoms with van der Waals surface area (Å²) in [6.45, 7) is 31.2. The summed E-state index contributed by atoms with van der Waals surface area (Å²) >= 11 is 6.93. The van der Waals surface area contributed by atoms with Gasteiger partial charge in [0.2, 0.25) is 23.8 Å². The quantitative estimate of drug-likeness (QED) is 0.0698. The topological polar surface area (TPSA) is 344 Å². The smallest absolute Gasteiger partial charge is 0.225 e. The van der Waals surface area contributed by atoms with Gasteiger partial charge in [0.05, 0.1) is 119 Å². The summed E-state index contributed by atoms with van der Waals surface area (Å²) in [7, 11) is -11.1. The summed E-state index contributed by atoms with van der Waals surface area (Å²) in [5, 5.41) is 4.40. The third kappa shape index (κ3) is 19.8. The Hall–Kier alpha value is -8.40. The van der Waals surface area contributed by atoms with E-state index in [4.69, 9.17) is 19.1 Å². The van der Waals surface area contributed by atoms with Crippen molar-refractivity contribution in [3.05, 3.63) is 165 Å². The molecule has 592 valence electrons. The zero-order valence-corrected chi connectivity index (χ0v) is 71.5. The molecule has 0 bridgehead atoms. The summed E-state index contributed by atoms with van der Waals surface area (Å²) in [6, 6.07) is 27.7. The Kier molecular flexibility index (Phi) is 25.0. The van der Waals surface area contributed by atoms with Gasteiger partial charge in [0, 0.05) is 203 Å². The van der Waals surface area contributed by atoms with Crippen LogP contribution in [0.4, 0.5) is 23.8 Å². The molecule has 36 heteroatoms.